The Morgan fingerprint density at radius 1 is 1.35 bits per heavy atom. The van der Waals surface area contributed by atoms with Crippen LogP contribution in [-0.4, -0.2) is 11.1 Å². The molecule has 0 aromatic carbocycles. The van der Waals surface area contributed by atoms with E-state index in [0.717, 1.165) is 12.3 Å². The van der Waals surface area contributed by atoms with Gasteiger partial charge in [0.25, 0.3) is 0 Å². The third-order valence-corrected chi connectivity index (χ3v) is 4.53. The molecule has 2 heteroatoms. The number of carboxylic acids is 1. The monoisotopic (exact) mass is 234 g/mol. The molecule has 0 bridgehead atoms. The van der Waals surface area contributed by atoms with Crippen LogP contribution in [0.3, 0.4) is 0 Å². The van der Waals surface area contributed by atoms with Crippen molar-refractivity contribution in [2.75, 3.05) is 0 Å². The maximum absolute atomic E-state index is 10.9. The summed E-state index contributed by atoms with van der Waals surface area (Å²) in [6, 6.07) is 0. The van der Waals surface area contributed by atoms with Crippen LogP contribution in [0.4, 0.5) is 0 Å². The van der Waals surface area contributed by atoms with Crippen LogP contribution in [-0.2, 0) is 4.79 Å². The lowest BCUT2D eigenvalue weighted by molar-refractivity contribution is -0.132. The van der Waals surface area contributed by atoms with Crippen LogP contribution in [0.15, 0.2) is 22.8 Å². The fraction of sp³-hybridized carbons (Fsp3) is 0.667. The molecule has 0 aliphatic heterocycles. The Hall–Kier alpha value is -1.05. The molecule has 0 unspecified atom stereocenters. The largest absolute Gasteiger partial charge is 0.478 e. The lowest BCUT2D eigenvalue weighted by Gasteiger charge is -2.34. The zero-order valence-electron chi connectivity index (χ0n) is 11.0. The molecule has 1 saturated carbocycles. The van der Waals surface area contributed by atoms with Gasteiger partial charge in [0.2, 0.25) is 0 Å². The zero-order chi connectivity index (χ0) is 12.6. The first kappa shape index (κ1) is 12.4. The highest BCUT2D eigenvalue weighted by Crippen LogP contribution is 2.48. The van der Waals surface area contributed by atoms with Gasteiger partial charge < -0.3 is 5.11 Å². The summed E-state index contributed by atoms with van der Waals surface area (Å²) in [5.74, 6) is 1.09. The molecule has 0 aromatic rings. The number of carbonyl (C=O) groups is 1. The minimum atomic E-state index is -0.781. The Balaban J connectivity index is 2.27. The number of hydrogen-bond donors (Lipinski definition) is 1. The second-order valence-corrected chi connectivity index (χ2v) is 5.70. The number of aliphatic carboxylic acids is 1. The van der Waals surface area contributed by atoms with Gasteiger partial charge in [-0.2, -0.15) is 0 Å². The van der Waals surface area contributed by atoms with Crippen molar-refractivity contribution in [1.82, 2.24) is 0 Å². The van der Waals surface area contributed by atoms with E-state index in [9.17, 15) is 4.79 Å². The van der Waals surface area contributed by atoms with Crippen molar-refractivity contribution in [3.63, 3.8) is 0 Å². The number of hydrogen-bond acceptors (Lipinski definition) is 1. The zero-order valence-corrected chi connectivity index (χ0v) is 11.0. The van der Waals surface area contributed by atoms with E-state index in [1.165, 1.54) is 24.8 Å². The molecule has 0 amide bonds. The van der Waals surface area contributed by atoms with Crippen LogP contribution >= 0.6 is 0 Å². The number of fused-ring (bicyclic) bond motifs is 1. The molecule has 0 saturated heterocycles. The van der Waals surface area contributed by atoms with Gasteiger partial charge in [0, 0.05) is 5.57 Å². The van der Waals surface area contributed by atoms with Crippen LogP contribution in [0.5, 0.6) is 0 Å². The molecular weight excluding hydrogens is 212 g/mol. The van der Waals surface area contributed by atoms with Crippen molar-refractivity contribution < 1.29 is 9.90 Å². The van der Waals surface area contributed by atoms with Crippen LogP contribution in [0, 0.1) is 17.8 Å². The smallest absolute Gasteiger partial charge is 0.330 e. The van der Waals surface area contributed by atoms with E-state index in [2.05, 4.69) is 13.8 Å². The van der Waals surface area contributed by atoms with E-state index in [1.807, 2.05) is 6.08 Å². The van der Waals surface area contributed by atoms with Gasteiger partial charge in [0.1, 0.15) is 0 Å². The number of rotatable bonds is 2. The summed E-state index contributed by atoms with van der Waals surface area (Å²) in [6.45, 7) is 6.28. The maximum atomic E-state index is 10.9. The Kier molecular flexibility index (Phi) is 3.41. The van der Waals surface area contributed by atoms with Crippen LogP contribution < -0.4 is 0 Å². The average molecular weight is 234 g/mol. The molecule has 3 atom stereocenters. The molecule has 0 heterocycles. The Bertz CT molecular complexity index is 390. The van der Waals surface area contributed by atoms with Gasteiger partial charge in [0.05, 0.1) is 0 Å². The lowest BCUT2D eigenvalue weighted by Crippen LogP contribution is -2.23. The minimum absolute atomic E-state index is 0.384. The summed E-state index contributed by atoms with van der Waals surface area (Å²) in [7, 11) is 0. The molecule has 1 fully saturated rings. The predicted molar refractivity (Wildman–Crippen MR) is 68.7 cm³/mol. The molecule has 94 valence electrons. The molecular formula is C15H22O2. The first-order chi connectivity index (χ1) is 8.00. The van der Waals surface area contributed by atoms with Gasteiger partial charge in [-0.1, -0.05) is 24.1 Å². The molecule has 0 radical (unpaired) electrons. The Labute approximate surface area is 103 Å². The average Bonchev–Trinajstić information content (AvgIpc) is 2.66. The van der Waals surface area contributed by atoms with Crippen molar-refractivity contribution in [3.8, 4) is 0 Å². The van der Waals surface area contributed by atoms with E-state index in [1.54, 1.807) is 12.5 Å². The Morgan fingerprint density at radius 2 is 2.06 bits per heavy atom. The maximum Gasteiger partial charge on any atom is 0.330 e. The van der Waals surface area contributed by atoms with E-state index in [4.69, 9.17) is 5.11 Å². The fourth-order valence-electron chi connectivity index (χ4n) is 3.52. The standard InChI is InChI=1S/C15H22O2/c1-9-4-6-12(8-11(3)15(16)17)14-10(2)5-7-13(9)14/h8-9,12-13H,4-7H2,1-3H3,(H,16,17)/b11-8-/t9-,12-,13-/m0/s1. The molecule has 0 spiro atoms. The summed E-state index contributed by atoms with van der Waals surface area (Å²) in [6.07, 6.45) is 6.81. The van der Waals surface area contributed by atoms with Crippen LogP contribution in [0.2, 0.25) is 0 Å². The summed E-state index contributed by atoms with van der Waals surface area (Å²) < 4.78 is 0. The quantitative estimate of drug-likeness (QED) is 0.583. The van der Waals surface area contributed by atoms with Gasteiger partial charge >= 0.3 is 5.97 Å². The topological polar surface area (TPSA) is 37.3 Å². The van der Waals surface area contributed by atoms with E-state index >= 15 is 0 Å². The predicted octanol–water partition coefficient (Wildman–Crippen LogP) is 3.79. The van der Waals surface area contributed by atoms with Crippen LogP contribution in [0.25, 0.3) is 0 Å². The highest BCUT2D eigenvalue weighted by atomic mass is 16.4. The van der Waals surface area contributed by atoms with Gasteiger partial charge in [-0.3, -0.25) is 0 Å². The van der Waals surface area contributed by atoms with Crippen molar-refractivity contribution in [2.24, 2.45) is 17.8 Å². The van der Waals surface area contributed by atoms with Gasteiger partial charge in [0.15, 0.2) is 0 Å². The molecule has 17 heavy (non-hydrogen) atoms. The van der Waals surface area contributed by atoms with Gasteiger partial charge in [-0.25, -0.2) is 4.79 Å². The van der Waals surface area contributed by atoms with Crippen molar-refractivity contribution >= 4 is 5.97 Å². The first-order valence-electron chi connectivity index (χ1n) is 6.62. The molecule has 2 aliphatic rings. The van der Waals surface area contributed by atoms with Crippen LogP contribution in [0.1, 0.15) is 46.5 Å². The number of allylic oxidation sites excluding steroid dienone is 3. The molecule has 1 N–H and O–H groups in total. The second-order valence-electron chi connectivity index (χ2n) is 5.70. The van der Waals surface area contributed by atoms with Crippen molar-refractivity contribution in [3.05, 3.63) is 22.8 Å². The number of carboxylic acid groups (broad SMARTS) is 1. The van der Waals surface area contributed by atoms with Crippen molar-refractivity contribution in [2.45, 2.75) is 46.5 Å². The van der Waals surface area contributed by atoms with E-state index < -0.39 is 5.97 Å². The molecule has 2 nitrogen and oxygen atoms in total. The highest BCUT2D eigenvalue weighted by molar-refractivity contribution is 5.85. The normalized spacial score (nSPS) is 33.8. The molecule has 2 aliphatic carbocycles. The summed E-state index contributed by atoms with van der Waals surface area (Å²) in [5, 5.41) is 8.99. The SMILES string of the molecule is CC1=C2[C@H](/C=C(/C)C(=O)O)CC[C@H](C)[C@@H]2CC1. The second kappa shape index (κ2) is 4.67. The third-order valence-electron chi connectivity index (χ3n) is 4.53. The lowest BCUT2D eigenvalue weighted by atomic mass is 9.71. The fourth-order valence-corrected chi connectivity index (χ4v) is 3.52. The van der Waals surface area contributed by atoms with Gasteiger partial charge in [-0.05, 0) is 57.3 Å². The highest BCUT2D eigenvalue weighted by Gasteiger charge is 2.35. The van der Waals surface area contributed by atoms with E-state index in [0.29, 0.717) is 17.4 Å². The van der Waals surface area contributed by atoms with E-state index in [-0.39, 0.29) is 0 Å². The third kappa shape index (κ3) is 2.31. The summed E-state index contributed by atoms with van der Waals surface area (Å²) in [5.41, 5.74) is 3.57. The summed E-state index contributed by atoms with van der Waals surface area (Å²) in [4.78, 5) is 10.9. The minimum Gasteiger partial charge on any atom is -0.478 e. The molecule has 0 aromatic heterocycles. The first-order valence-corrected chi connectivity index (χ1v) is 6.62. The van der Waals surface area contributed by atoms with Crippen molar-refractivity contribution in [1.29, 1.82) is 0 Å². The summed E-state index contributed by atoms with van der Waals surface area (Å²) >= 11 is 0. The Morgan fingerprint density at radius 3 is 2.71 bits per heavy atom. The molecule has 2 rings (SSSR count). The van der Waals surface area contributed by atoms with Gasteiger partial charge in [-0.15, -0.1) is 0 Å².